The van der Waals surface area contributed by atoms with E-state index in [0.29, 0.717) is 25.0 Å². The zero-order chi connectivity index (χ0) is 24.0. The highest BCUT2D eigenvalue weighted by Gasteiger charge is 2.36. The van der Waals surface area contributed by atoms with E-state index in [1.807, 2.05) is 0 Å². The minimum atomic E-state index is -4.47. The largest absolute Gasteiger partial charge is 0.360 e. The summed E-state index contributed by atoms with van der Waals surface area (Å²) in [7, 11) is -4.47. The maximum atomic E-state index is 14.1. The fraction of sp³-hybridized carbons (Fsp3) is 0.333. The number of hydrogen-bond donors (Lipinski definition) is 2. The number of nitrogens with zero attached hydrogens (tertiary/aromatic N) is 1. The van der Waals surface area contributed by atoms with Crippen molar-refractivity contribution >= 4 is 21.8 Å². The van der Waals surface area contributed by atoms with Gasteiger partial charge in [0.05, 0.1) is 13.2 Å². The lowest BCUT2D eigenvalue weighted by molar-refractivity contribution is -0.140. The first-order valence-electron chi connectivity index (χ1n) is 10.1. The van der Waals surface area contributed by atoms with Crippen LogP contribution in [-0.4, -0.2) is 57.0 Å². The summed E-state index contributed by atoms with van der Waals surface area (Å²) in [5.74, 6) is -4.39. The normalized spacial score (nSPS) is 16.9. The van der Waals surface area contributed by atoms with Crippen LogP contribution in [0.2, 0.25) is 0 Å². The molecular formula is C21H22F3N3O5S. The number of nitrogens with one attached hydrogen (secondary N) is 2. The van der Waals surface area contributed by atoms with E-state index in [2.05, 4.69) is 10.6 Å². The first-order chi connectivity index (χ1) is 15.7. The Kier molecular flexibility index (Phi) is 8.06. The van der Waals surface area contributed by atoms with Crippen molar-refractivity contribution in [2.24, 2.45) is 0 Å². The summed E-state index contributed by atoms with van der Waals surface area (Å²) in [5.41, 5.74) is 0.762. The molecule has 12 heteroatoms. The summed E-state index contributed by atoms with van der Waals surface area (Å²) in [5, 5.41) is 4.69. The number of halogens is 3. The van der Waals surface area contributed by atoms with Crippen LogP contribution in [0.1, 0.15) is 12.0 Å². The van der Waals surface area contributed by atoms with Gasteiger partial charge in [-0.3, -0.25) is 9.59 Å². The summed E-state index contributed by atoms with van der Waals surface area (Å²) in [6, 6.07) is 7.75. The van der Waals surface area contributed by atoms with Crippen LogP contribution in [0, 0.1) is 17.5 Å². The second-order valence-corrected chi connectivity index (χ2v) is 9.07. The first kappa shape index (κ1) is 24.7. The second kappa shape index (κ2) is 10.8. The van der Waals surface area contributed by atoms with Crippen molar-refractivity contribution < 1.29 is 35.9 Å². The number of benzene rings is 2. The Morgan fingerprint density at radius 3 is 2.39 bits per heavy atom. The molecule has 1 aliphatic heterocycles. The van der Waals surface area contributed by atoms with E-state index in [1.165, 1.54) is 12.1 Å². The highest BCUT2D eigenvalue weighted by atomic mass is 32.2. The minimum Gasteiger partial charge on any atom is -0.360 e. The van der Waals surface area contributed by atoms with E-state index in [-0.39, 0.29) is 32.1 Å². The molecule has 0 radical (unpaired) electrons. The van der Waals surface area contributed by atoms with E-state index in [0.717, 1.165) is 15.9 Å². The van der Waals surface area contributed by atoms with Crippen LogP contribution in [0.5, 0.6) is 0 Å². The van der Waals surface area contributed by atoms with Crippen LogP contribution >= 0.6 is 0 Å². The van der Waals surface area contributed by atoms with E-state index >= 15 is 0 Å². The average Bonchev–Trinajstić information content (AvgIpc) is 2.80. The summed E-state index contributed by atoms with van der Waals surface area (Å²) < 4.78 is 72.5. The number of amides is 2. The number of rotatable bonds is 7. The molecule has 0 aromatic heterocycles. The Morgan fingerprint density at radius 2 is 1.67 bits per heavy atom. The van der Waals surface area contributed by atoms with Crippen molar-refractivity contribution in [3.63, 3.8) is 0 Å². The van der Waals surface area contributed by atoms with Crippen LogP contribution in [0.25, 0.3) is 0 Å². The maximum absolute atomic E-state index is 14.1. The van der Waals surface area contributed by atoms with E-state index < -0.39 is 44.6 Å². The third-order valence-corrected chi connectivity index (χ3v) is 6.79. The molecule has 3 rings (SSSR count). The zero-order valence-electron chi connectivity index (χ0n) is 17.4. The predicted octanol–water partition coefficient (Wildman–Crippen LogP) is 1.32. The van der Waals surface area contributed by atoms with Gasteiger partial charge in [-0.05, 0) is 48.7 Å². The molecule has 1 fully saturated rings. The van der Waals surface area contributed by atoms with Crippen LogP contribution < -0.4 is 10.6 Å². The van der Waals surface area contributed by atoms with Gasteiger partial charge in [-0.25, -0.2) is 21.6 Å². The number of hydrogen-bond acceptors (Lipinski definition) is 5. The molecule has 1 aliphatic rings. The Bertz CT molecular complexity index is 1110. The van der Waals surface area contributed by atoms with Crippen LogP contribution in [0.4, 0.5) is 13.2 Å². The Morgan fingerprint density at radius 1 is 1.00 bits per heavy atom. The molecule has 1 heterocycles. The molecule has 0 spiro atoms. The van der Waals surface area contributed by atoms with Crippen molar-refractivity contribution in [2.75, 3.05) is 26.2 Å². The molecule has 0 unspecified atom stereocenters. The summed E-state index contributed by atoms with van der Waals surface area (Å²) in [6.07, 6.45) is -0.525. The highest BCUT2D eigenvalue weighted by Crippen LogP contribution is 2.24. The smallest absolute Gasteiger partial charge is 0.309 e. The fourth-order valence-corrected chi connectivity index (χ4v) is 4.86. The second-order valence-electron chi connectivity index (χ2n) is 7.21. The van der Waals surface area contributed by atoms with Crippen molar-refractivity contribution in [1.82, 2.24) is 14.9 Å². The topological polar surface area (TPSA) is 105 Å². The van der Waals surface area contributed by atoms with Gasteiger partial charge < -0.3 is 15.4 Å². The molecular weight excluding hydrogens is 463 g/mol. The molecule has 1 atom stereocenters. The Hall–Kier alpha value is -2.96. The number of sulfonamides is 1. The van der Waals surface area contributed by atoms with Crippen molar-refractivity contribution in [3.05, 3.63) is 65.5 Å². The van der Waals surface area contributed by atoms with E-state index in [1.54, 1.807) is 12.1 Å². The average molecular weight is 485 g/mol. The third kappa shape index (κ3) is 6.30. The zero-order valence-corrected chi connectivity index (χ0v) is 18.2. The standard InChI is InChI=1S/C21H22F3N3O5S/c22-15-4-2-14(3-5-15)8-9-25-20(28)21(29)26-13-19-27(10-1-11-32-19)33(30,31)18-12-16(23)6-7-17(18)24/h2-7,12,19H,1,8-11,13H2,(H,25,28)(H,26,29)/t19-/m1/s1. The van der Waals surface area contributed by atoms with Crippen molar-refractivity contribution in [3.8, 4) is 0 Å². The van der Waals surface area contributed by atoms with Crippen LogP contribution in [0.3, 0.4) is 0 Å². The minimum absolute atomic E-state index is 0.0390. The van der Waals surface area contributed by atoms with Gasteiger partial charge in [0.15, 0.2) is 0 Å². The molecule has 1 saturated heterocycles. The molecule has 0 aliphatic carbocycles. The Labute approximate surface area is 188 Å². The van der Waals surface area contributed by atoms with Gasteiger partial charge in [0, 0.05) is 13.1 Å². The molecule has 178 valence electrons. The number of carbonyl (C=O) groups is 2. The van der Waals surface area contributed by atoms with Crippen molar-refractivity contribution in [2.45, 2.75) is 24.0 Å². The molecule has 2 aromatic rings. The number of ether oxygens (including phenoxy) is 1. The third-order valence-electron chi connectivity index (χ3n) is 4.89. The van der Waals surface area contributed by atoms with Gasteiger partial charge in [0.25, 0.3) is 0 Å². The van der Waals surface area contributed by atoms with Gasteiger partial charge in [-0.1, -0.05) is 12.1 Å². The predicted molar refractivity (Wildman–Crippen MR) is 111 cm³/mol. The highest BCUT2D eigenvalue weighted by molar-refractivity contribution is 7.89. The van der Waals surface area contributed by atoms with Gasteiger partial charge >= 0.3 is 11.8 Å². The lowest BCUT2D eigenvalue weighted by Crippen LogP contribution is -2.53. The van der Waals surface area contributed by atoms with E-state index in [4.69, 9.17) is 4.74 Å². The monoisotopic (exact) mass is 485 g/mol. The van der Waals surface area contributed by atoms with Crippen molar-refractivity contribution in [1.29, 1.82) is 0 Å². The lowest BCUT2D eigenvalue weighted by Gasteiger charge is -2.34. The maximum Gasteiger partial charge on any atom is 0.309 e. The first-order valence-corrected chi connectivity index (χ1v) is 11.5. The molecule has 33 heavy (non-hydrogen) atoms. The summed E-state index contributed by atoms with van der Waals surface area (Å²) in [4.78, 5) is 23.2. The molecule has 2 aromatic carbocycles. The molecule has 2 amide bonds. The van der Waals surface area contributed by atoms with Gasteiger partial charge in [0.1, 0.15) is 28.6 Å². The quantitative estimate of drug-likeness (QED) is 0.576. The molecule has 0 saturated carbocycles. The number of carbonyl (C=O) groups excluding carboxylic acids is 2. The Balaban J connectivity index is 1.57. The fourth-order valence-electron chi connectivity index (χ4n) is 3.22. The molecule has 2 N–H and O–H groups in total. The van der Waals surface area contributed by atoms with Gasteiger partial charge in [0.2, 0.25) is 10.0 Å². The lowest BCUT2D eigenvalue weighted by atomic mass is 10.1. The SMILES string of the molecule is O=C(NCCc1ccc(F)cc1)C(=O)NC[C@H]1OCCCN1S(=O)(=O)c1cc(F)ccc1F. The van der Waals surface area contributed by atoms with Crippen LogP contribution in [-0.2, 0) is 30.8 Å². The molecule has 8 nitrogen and oxygen atoms in total. The van der Waals surface area contributed by atoms with E-state index in [9.17, 15) is 31.2 Å². The van der Waals surface area contributed by atoms with Crippen LogP contribution in [0.15, 0.2) is 47.4 Å². The molecule has 0 bridgehead atoms. The van der Waals surface area contributed by atoms with Gasteiger partial charge in [-0.2, -0.15) is 4.31 Å². The summed E-state index contributed by atoms with van der Waals surface area (Å²) in [6.45, 7) is -0.109. The van der Waals surface area contributed by atoms with Gasteiger partial charge in [-0.15, -0.1) is 0 Å². The summed E-state index contributed by atoms with van der Waals surface area (Å²) >= 11 is 0.